The van der Waals surface area contributed by atoms with E-state index in [1.807, 2.05) is 43.9 Å². The molecule has 0 aromatic heterocycles. The minimum absolute atomic E-state index is 0.0509. The number of piperidine rings is 1. The van der Waals surface area contributed by atoms with Crippen LogP contribution in [0.25, 0.3) is 0 Å². The summed E-state index contributed by atoms with van der Waals surface area (Å²) in [7, 11) is 0. The van der Waals surface area contributed by atoms with Gasteiger partial charge in [-0.05, 0) is 37.5 Å². The lowest BCUT2D eigenvalue weighted by Gasteiger charge is -2.27. The van der Waals surface area contributed by atoms with Crippen molar-refractivity contribution in [2.45, 2.75) is 40.0 Å². The van der Waals surface area contributed by atoms with E-state index in [0.717, 1.165) is 25.9 Å². The summed E-state index contributed by atoms with van der Waals surface area (Å²) in [6.45, 7) is 7.26. The molecule has 1 aliphatic heterocycles. The first-order valence-corrected chi connectivity index (χ1v) is 7.59. The number of carbonyl (C=O) groups excluding carboxylic acids is 2. The van der Waals surface area contributed by atoms with Crippen LogP contribution in [0.5, 0.6) is 0 Å². The zero-order chi connectivity index (χ0) is 15.5. The molecule has 0 bridgehead atoms. The normalized spacial score (nSPS) is 15.7. The van der Waals surface area contributed by atoms with Crippen molar-refractivity contribution in [1.82, 2.24) is 4.90 Å². The number of benzene rings is 1. The molecule has 114 valence electrons. The van der Waals surface area contributed by atoms with Crippen molar-refractivity contribution in [3.8, 4) is 0 Å². The van der Waals surface area contributed by atoms with E-state index in [2.05, 4.69) is 5.32 Å². The van der Waals surface area contributed by atoms with E-state index in [0.29, 0.717) is 11.3 Å². The van der Waals surface area contributed by atoms with Crippen LogP contribution in [-0.4, -0.2) is 29.8 Å². The van der Waals surface area contributed by atoms with E-state index in [-0.39, 0.29) is 11.8 Å². The topological polar surface area (TPSA) is 49.4 Å². The van der Waals surface area contributed by atoms with Crippen LogP contribution in [0, 0.1) is 5.41 Å². The van der Waals surface area contributed by atoms with Gasteiger partial charge in [-0.25, -0.2) is 0 Å². The standard InChI is InChI=1S/C17H24N2O2/c1-17(2,3)16(21)18-14-9-7-8-13(12-14)15(20)19-10-5-4-6-11-19/h7-9,12H,4-6,10-11H2,1-3H3,(H,18,21). The van der Waals surface area contributed by atoms with Gasteiger partial charge in [0.1, 0.15) is 0 Å². The van der Waals surface area contributed by atoms with Gasteiger partial charge in [-0.2, -0.15) is 0 Å². The van der Waals surface area contributed by atoms with Crippen LogP contribution >= 0.6 is 0 Å². The highest BCUT2D eigenvalue weighted by molar-refractivity contribution is 5.98. The van der Waals surface area contributed by atoms with Crippen molar-refractivity contribution in [1.29, 1.82) is 0 Å². The van der Waals surface area contributed by atoms with Crippen molar-refractivity contribution in [2.75, 3.05) is 18.4 Å². The Morgan fingerprint density at radius 2 is 1.76 bits per heavy atom. The lowest BCUT2D eigenvalue weighted by atomic mass is 9.95. The molecule has 0 radical (unpaired) electrons. The predicted octanol–water partition coefficient (Wildman–Crippen LogP) is 3.30. The van der Waals surface area contributed by atoms with E-state index in [1.165, 1.54) is 6.42 Å². The monoisotopic (exact) mass is 288 g/mol. The number of amides is 2. The third-order valence-electron chi connectivity index (χ3n) is 3.69. The van der Waals surface area contributed by atoms with Crippen LogP contribution in [0.2, 0.25) is 0 Å². The predicted molar refractivity (Wildman–Crippen MR) is 84.3 cm³/mol. The minimum Gasteiger partial charge on any atom is -0.339 e. The third kappa shape index (κ3) is 4.06. The van der Waals surface area contributed by atoms with Gasteiger partial charge in [0.2, 0.25) is 5.91 Å². The zero-order valence-corrected chi connectivity index (χ0v) is 13.1. The summed E-state index contributed by atoms with van der Waals surface area (Å²) in [5.41, 5.74) is 0.869. The molecule has 0 unspecified atom stereocenters. The number of nitrogens with one attached hydrogen (secondary N) is 1. The van der Waals surface area contributed by atoms with Crippen molar-refractivity contribution < 1.29 is 9.59 Å². The van der Waals surface area contributed by atoms with Crippen LogP contribution in [0.15, 0.2) is 24.3 Å². The fourth-order valence-corrected chi connectivity index (χ4v) is 2.33. The molecule has 1 fully saturated rings. The van der Waals surface area contributed by atoms with Crippen LogP contribution in [-0.2, 0) is 4.79 Å². The molecule has 2 rings (SSSR count). The number of nitrogens with zero attached hydrogens (tertiary/aromatic N) is 1. The fraction of sp³-hybridized carbons (Fsp3) is 0.529. The van der Waals surface area contributed by atoms with Gasteiger partial charge in [0.05, 0.1) is 0 Å². The van der Waals surface area contributed by atoms with Gasteiger partial charge in [-0.15, -0.1) is 0 Å². The highest BCUT2D eigenvalue weighted by Gasteiger charge is 2.22. The Hall–Kier alpha value is -1.84. The van der Waals surface area contributed by atoms with Crippen molar-refractivity contribution in [3.63, 3.8) is 0 Å². The summed E-state index contributed by atoms with van der Waals surface area (Å²) in [4.78, 5) is 26.4. The smallest absolute Gasteiger partial charge is 0.253 e. The lowest BCUT2D eigenvalue weighted by Crippen LogP contribution is -2.35. The van der Waals surface area contributed by atoms with Gasteiger partial charge in [0.15, 0.2) is 0 Å². The maximum absolute atomic E-state index is 12.4. The third-order valence-corrected chi connectivity index (χ3v) is 3.69. The molecule has 1 aromatic rings. The van der Waals surface area contributed by atoms with Gasteiger partial charge in [-0.3, -0.25) is 9.59 Å². The molecule has 0 spiro atoms. The van der Waals surface area contributed by atoms with E-state index in [4.69, 9.17) is 0 Å². The molecule has 1 saturated heterocycles. The fourth-order valence-electron chi connectivity index (χ4n) is 2.33. The van der Waals surface area contributed by atoms with Crippen LogP contribution in [0.1, 0.15) is 50.4 Å². The Kier molecular flexibility index (Phi) is 4.66. The number of hydrogen-bond acceptors (Lipinski definition) is 2. The molecule has 0 saturated carbocycles. The van der Waals surface area contributed by atoms with Crippen molar-refractivity contribution >= 4 is 17.5 Å². The number of carbonyl (C=O) groups is 2. The molecule has 2 amide bonds. The summed E-state index contributed by atoms with van der Waals surface area (Å²) in [5.74, 6) is 0.00614. The van der Waals surface area contributed by atoms with Crippen molar-refractivity contribution in [3.05, 3.63) is 29.8 Å². The molecule has 4 nitrogen and oxygen atoms in total. The molecule has 21 heavy (non-hydrogen) atoms. The summed E-state index contributed by atoms with van der Waals surface area (Å²) < 4.78 is 0. The molecular formula is C17H24N2O2. The first kappa shape index (κ1) is 15.5. The second-order valence-corrected chi connectivity index (χ2v) is 6.64. The Labute approximate surface area is 126 Å². The molecule has 0 aliphatic carbocycles. The quantitative estimate of drug-likeness (QED) is 0.907. The van der Waals surface area contributed by atoms with E-state index in [1.54, 1.807) is 6.07 Å². The van der Waals surface area contributed by atoms with Gasteiger partial charge >= 0.3 is 0 Å². The van der Waals surface area contributed by atoms with Crippen LogP contribution < -0.4 is 5.32 Å². The van der Waals surface area contributed by atoms with Gasteiger partial charge in [0.25, 0.3) is 5.91 Å². The number of anilines is 1. The van der Waals surface area contributed by atoms with Gasteiger partial charge in [-0.1, -0.05) is 26.8 Å². The minimum atomic E-state index is -0.452. The van der Waals surface area contributed by atoms with E-state index in [9.17, 15) is 9.59 Å². The molecule has 0 atom stereocenters. The lowest BCUT2D eigenvalue weighted by molar-refractivity contribution is -0.123. The molecule has 1 aliphatic rings. The Balaban J connectivity index is 2.10. The Morgan fingerprint density at radius 3 is 2.38 bits per heavy atom. The summed E-state index contributed by atoms with van der Waals surface area (Å²) in [6.07, 6.45) is 3.35. The number of likely N-dealkylation sites (tertiary alicyclic amines) is 1. The van der Waals surface area contributed by atoms with Crippen molar-refractivity contribution in [2.24, 2.45) is 5.41 Å². The first-order valence-electron chi connectivity index (χ1n) is 7.59. The average Bonchev–Trinajstić information content (AvgIpc) is 2.46. The summed E-state index contributed by atoms with van der Waals surface area (Å²) >= 11 is 0. The largest absolute Gasteiger partial charge is 0.339 e. The molecule has 1 heterocycles. The maximum atomic E-state index is 12.4. The molecule has 4 heteroatoms. The van der Waals surface area contributed by atoms with E-state index < -0.39 is 5.41 Å². The number of hydrogen-bond donors (Lipinski definition) is 1. The Bertz CT molecular complexity index is 526. The first-order chi connectivity index (χ1) is 9.88. The van der Waals surface area contributed by atoms with Crippen LogP contribution in [0.4, 0.5) is 5.69 Å². The molecule has 1 aromatic carbocycles. The summed E-state index contributed by atoms with van der Waals surface area (Å²) in [6, 6.07) is 7.20. The molecule has 1 N–H and O–H groups in total. The molecular weight excluding hydrogens is 264 g/mol. The highest BCUT2D eigenvalue weighted by Crippen LogP contribution is 2.19. The van der Waals surface area contributed by atoms with E-state index >= 15 is 0 Å². The van der Waals surface area contributed by atoms with Gasteiger partial charge < -0.3 is 10.2 Å². The average molecular weight is 288 g/mol. The SMILES string of the molecule is CC(C)(C)C(=O)Nc1cccc(C(=O)N2CCCCC2)c1. The second-order valence-electron chi connectivity index (χ2n) is 6.64. The summed E-state index contributed by atoms with van der Waals surface area (Å²) in [5, 5.41) is 2.87. The number of rotatable bonds is 2. The van der Waals surface area contributed by atoms with Gasteiger partial charge in [0, 0.05) is 29.8 Å². The van der Waals surface area contributed by atoms with Crippen LogP contribution in [0.3, 0.4) is 0 Å². The second kappa shape index (κ2) is 6.29. The highest BCUT2D eigenvalue weighted by atomic mass is 16.2. The maximum Gasteiger partial charge on any atom is 0.253 e. The Morgan fingerprint density at radius 1 is 1.10 bits per heavy atom. The zero-order valence-electron chi connectivity index (χ0n) is 13.1.